The van der Waals surface area contributed by atoms with Gasteiger partial charge in [-0.3, -0.25) is 14.7 Å². The quantitative estimate of drug-likeness (QED) is 0.818. The molecule has 0 N–H and O–H groups in total. The molecule has 0 aromatic carbocycles. The van der Waals surface area contributed by atoms with Gasteiger partial charge in [0, 0.05) is 19.6 Å². The third kappa shape index (κ3) is 3.01. The average Bonchev–Trinajstić information content (AvgIpc) is 2.97. The molecule has 8 heteroatoms. The summed E-state index contributed by atoms with van der Waals surface area (Å²) in [5.74, 6) is 1.03. The van der Waals surface area contributed by atoms with Gasteiger partial charge in [0.15, 0.2) is 5.82 Å². The number of carbonyl (C=O) groups is 1. The Balaban J connectivity index is 1.84. The van der Waals surface area contributed by atoms with Crippen molar-refractivity contribution in [3.63, 3.8) is 0 Å². The van der Waals surface area contributed by atoms with Crippen LogP contribution < -0.4 is 0 Å². The van der Waals surface area contributed by atoms with Gasteiger partial charge < -0.3 is 9.42 Å². The van der Waals surface area contributed by atoms with Crippen molar-refractivity contribution in [2.24, 2.45) is 0 Å². The number of hydrogen-bond donors (Lipinski definition) is 0. The molecule has 1 saturated heterocycles. The van der Waals surface area contributed by atoms with Gasteiger partial charge in [-0.15, -0.1) is 0 Å². The average molecular weight is 330 g/mol. The summed E-state index contributed by atoms with van der Waals surface area (Å²) in [4.78, 5) is 30.0. The lowest BCUT2D eigenvalue weighted by Crippen LogP contribution is -2.49. The summed E-state index contributed by atoms with van der Waals surface area (Å²) < 4.78 is 5.30. The topological polar surface area (TPSA) is 88.2 Å². The van der Waals surface area contributed by atoms with Crippen LogP contribution in [0.3, 0.4) is 0 Å². The molecular formula is C16H22N6O2. The van der Waals surface area contributed by atoms with Gasteiger partial charge in [-0.05, 0) is 34.7 Å². The van der Waals surface area contributed by atoms with Crippen LogP contribution in [0, 0.1) is 27.7 Å². The summed E-state index contributed by atoms with van der Waals surface area (Å²) in [5, 5.41) is 3.85. The molecule has 0 bridgehead atoms. The van der Waals surface area contributed by atoms with E-state index in [2.05, 4.69) is 25.0 Å². The van der Waals surface area contributed by atoms with E-state index in [1.165, 1.54) is 0 Å². The van der Waals surface area contributed by atoms with Crippen LogP contribution in [0.1, 0.15) is 45.3 Å². The lowest BCUT2D eigenvalue weighted by atomic mass is 10.1. The Morgan fingerprint density at radius 1 is 1.04 bits per heavy atom. The highest BCUT2D eigenvalue weighted by Crippen LogP contribution is 2.24. The molecule has 3 heterocycles. The maximum absolute atomic E-state index is 12.9. The number of piperazine rings is 1. The predicted molar refractivity (Wildman–Crippen MR) is 86.6 cm³/mol. The predicted octanol–water partition coefficient (Wildman–Crippen LogP) is 1.22. The third-order valence-electron chi connectivity index (χ3n) is 4.45. The molecule has 0 spiro atoms. The van der Waals surface area contributed by atoms with Gasteiger partial charge in [-0.2, -0.15) is 4.98 Å². The first kappa shape index (κ1) is 16.5. The van der Waals surface area contributed by atoms with Gasteiger partial charge in [0.25, 0.3) is 5.91 Å². The van der Waals surface area contributed by atoms with E-state index in [0.717, 1.165) is 17.9 Å². The van der Waals surface area contributed by atoms with Crippen LogP contribution in [0.2, 0.25) is 0 Å². The van der Waals surface area contributed by atoms with Crippen molar-refractivity contribution in [3.05, 3.63) is 34.5 Å². The summed E-state index contributed by atoms with van der Waals surface area (Å²) in [5.41, 5.74) is 2.71. The molecule has 2 aromatic heterocycles. The maximum Gasteiger partial charge on any atom is 0.274 e. The summed E-state index contributed by atoms with van der Waals surface area (Å²) in [6, 6.07) is -0.108. The van der Waals surface area contributed by atoms with Crippen LogP contribution in [0.25, 0.3) is 0 Å². The summed E-state index contributed by atoms with van der Waals surface area (Å²) >= 11 is 0. The van der Waals surface area contributed by atoms with Crippen LogP contribution in [0.15, 0.2) is 4.52 Å². The van der Waals surface area contributed by atoms with Crippen molar-refractivity contribution in [3.8, 4) is 0 Å². The SMILES string of the molecule is Cc1noc([C@H]2CN(C(=O)c3nc(C)c(C)nc3C)CCN2C)n1. The Labute approximate surface area is 140 Å². The van der Waals surface area contributed by atoms with Gasteiger partial charge in [0.05, 0.1) is 17.1 Å². The van der Waals surface area contributed by atoms with E-state index >= 15 is 0 Å². The largest absolute Gasteiger partial charge is 0.338 e. The Bertz CT molecular complexity index is 772. The molecule has 1 aliphatic rings. The van der Waals surface area contributed by atoms with Crippen LogP contribution in [0.4, 0.5) is 0 Å². The number of hydrogen-bond acceptors (Lipinski definition) is 7. The Kier molecular flexibility index (Phi) is 4.31. The zero-order chi connectivity index (χ0) is 17.4. The highest BCUT2D eigenvalue weighted by Gasteiger charge is 2.33. The minimum absolute atomic E-state index is 0.0996. The normalized spacial score (nSPS) is 18.9. The zero-order valence-electron chi connectivity index (χ0n) is 14.7. The lowest BCUT2D eigenvalue weighted by molar-refractivity contribution is 0.0482. The molecule has 0 unspecified atom stereocenters. The van der Waals surface area contributed by atoms with Gasteiger partial charge in [-0.25, -0.2) is 4.98 Å². The molecule has 24 heavy (non-hydrogen) atoms. The first-order chi connectivity index (χ1) is 11.4. The van der Waals surface area contributed by atoms with E-state index in [4.69, 9.17) is 4.52 Å². The van der Waals surface area contributed by atoms with Crippen molar-refractivity contribution < 1.29 is 9.32 Å². The van der Waals surface area contributed by atoms with E-state index in [1.807, 2.05) is 27.8 Å². The smallest absolute Gasteiger partial charge is 0.274 e. The number of likely N-dealkylation sites (N-methyl/N-ethyl adjacent to an activating group) is 1. The Morgan fingerprint density at radius 3 is 2.42 bits per heavy atom. The van der Waals surface area contributed by atoms with Crippen molar-refractivity contribution in [2.45, 2.75) is 33.7 Å². The van der Waals surface area contributed by atoms with Crippen LogP contribution in [-0.4, -0.2) is 62.5 Å². The lowest BCUT2D eigenvalue weighted by Gasteiger charge is -2.37. The summed E-state index contributed by atoms with van der Waals surface area (Å²) in [6.45, 7) is 9.22. The highest BCUT2D eigenvalue weighted by atomic mass is 16.5. The van der Waals surface area contributed by atoms with E-state index in [9.17, 15) is 4.79 Å². The molecule has 1 amide bonds. The zero-order valence-corrected chi connectivity index (χ0v) is 14.7. The second-order valence-electron chi connectivity index (χ2n) is 6.26. The van der Waals surface area contributed by atoms with E-state index < -0.39 is 0 Å². The molecule has 1 fully saturated rings. The monoisotopic (exact) mass is 330 g/mol. The summed E-state index contributed by atoms with van der Waals surface area (Å²) in [6.07, 6.45) is 0. The van der Waals surface area contributed by atoms with Crippen LogP contribution in [0.5, 0.6) is 0 Å². The molecule has 1 aliphatic heterocycles. The fraction of sp³-hybridized carbons (Fsp3) is 0.562. The molecule has 3 rings (SSSR count). The molecule has 0 radical (unpaired) electrons. The van der Waals surface area contributed by atoms with Crippen molar-refractivity contribution >= 4 is 5.91 Å². The first-order valence-electron chi connectivity index (χ1n) is 7.98. The fourth-order valence-corrected chi connectivity index (χ4v) is 2.84. The van der Waals surface area contributed by atoms with Crippen molar-refractivity contribution in [2.75, 3.05) is 26.7 Å². The van der Waals surface area contributed by atoms with Gasteiger partial charge in [-0.1, -0.05) is 5.16 Å². The second-order valence-corrected chi connectivity index (χ2v) is 6.26. The standard InChI is InChI=1S/C16H22N6O2/c1-9-10(2)18-14(11(3)17-9)16(23)22-7-6-21(5)13(8-22)15-19-12(4)20-24-15/h13H,6-8H2,1-5H3/t13-/m1/s1. The van der Waals surface area contributed by atoms with Crippen LogP contribution >= 0.6 is 0 Å². The molecule has 8 nitrogen and oxygen atoms in total. The number of aromatic nitrogens is 4. The van der Waals surface area contributed by atoms with Crippen LogP contribution in [-0.2, 0) is 0 Å². The van der Waals surface area contributed by atoms with E-state index in [0.29, 0.717) is 36.2 Å². The van der Waals surface area contributed by atoms with E-state index in [-0.39, 0.29) is 11.9 Å². The van der Waals surface area contributed by atoms with Gasteiger partial charge in [0.1, 0.15) is 11.7 Å². The number of rotatable bonds is 2. The third-order valence-corrected chi connectivity index (χ3v) is 4.45. The molecule has 0 saturated carbocycles. The minimum atomic E-state index is -0.108. The molecule has 2 aromatic rings. The van der Waals surface area contributed by atoms with E-state index in [1.54, 1.807) is 11.8 Å². The Hall–Kier alpha value is -2.35. The number of aryl methyl sites for hydroxylation is 4. The second kappa shape index (κ2) is 6.27. The van der Waals surface area contributed by atoms with Crippen molar-refractivity contribution in [1.82, 2.24) is 29.9 Å². The highest BCUT2D eigenvalue weighted by molar-refractivity contribution is 5.93. The molecule has 1 atom stereocenters. The number of nitrogens with zero attached hydrogens (tertiary/aromatic N) is 6. The fourth-order valence-electron chi connectivity index (χ4n) is 2.84. The maximum atomic E-state index is 12.9. The summed E-state index contributed by atoms with van der Waals surface area (Å²) in [7, 11) is 1.99. The van der Waals surface area contributed by atoms with Crippen molar-refractivity contribution in [1.29, 1.82) is 0 Å². The minimum Gasteiger partial charge on any atom is -0.338 e. The van der Waals surface area contributed by atoms with Gasteiger partial charge in [0.2, 0.25) is 5.89 Å². The number of amides is 1. The molecular weight excluding hydrogens is 308 g/mol. The first-order valence-corrected chi connectivity index (χ1v) is 7.98. The number of carbonyl (C=O) groups excluding carboxylic acids is 1. The Morgan fingerprint density at radius 2 is 1.75 bits per heavy atom. The molecule has 0 aliphatic carbocycles. The molecule has 128 valence electrons. The van der Waals surface area contributed by atoms with Gasteiger partial charge >= 0.3 is 0 Å².